The maximum atomic E-state index is 13.4. The van der Waals surface area contributed by atoms with Crippen LogP contribution in [-0.4, -0.2) is 11.4 Å². The van der Waals surface area contributed by atoms with Gasteiger partial charge >= 0.3 is 0 Å². The molecule has 1 N–H and O–H groups in total. The Morgan fingerprint density at radius 3 is 2.93 bits per heavy atom. The third-order valence-corrected chi connectivity index (χ3v) is 3.95. The number of rotatable bonds is 2. The van der Waals surface area contributed by atoms with E-state index in [-0.39, 0.29) is 12.4 Å². The monoisotopic (exact) mass is 228 g/mol. The van der Waals surface area contributed by atoms with Crippen LogP contribution in [0.15, 0.2) is 23.1 Å². The standard InChI is InChI=1S/C10H9FOS2/c1-13-9-3-2-8(11)10-7(9)4-6(5-12)14-10/h2-4,12H,5H2,1H3. The van der Waals surface area contributed by atoms with Crippen LogP contribution in [0, 0.1) is 5.82 Å². The number of thioether (sulfide) groups is 1. The summed E-state index contributed by atoms with van der Waals surface area (Å²) in [7, 11) is 0. The van der Waals surface area contributed by atoms with Gasteiger partial charge in [-0.2, -0.15) is 0 Å². The van der Waals surface area contributed by atoms with Crippen LogP contribution in [0.2, 0.25) is 0 Å². The van der Waals surface area contributed by atoms with Crippen LogP contribution in [-0.2, 0) is 6.61 Å². The first-order chi connectivity index (χ1) is 6.76. The van der Waals surface area contributed by atoms with E-state index >= 15 is 0 Å². The molecule has 0 aliphatic rings. The summed E-state index contributed by atoms with van der Waals surface area (Å²) >= 11 is 2.90. The van der Waals surface area contributed by atoms with Gasteiger partial charge in [0.25, 0.3) is 0 Å². The highest BCUT2D eigenvalue weighted by Crippen LogP contribution is 2.34. The fourth-order valence-electron chi connectivity index (χ4n) is 1.37. The molecule has 0 bridgehead atoms. The van der Waals surface area contributed by atoms with Crippen LogP contribution in [0.25, 0.3) is 10.1 Å². The zero-order valence-corrected chi connectivity index (χ0v) is 9.21. The normalized spacial score (nSPS) is 11.1. The highest BCUT2D eigenvalue weighted by atomic mass is 32.2. The van der Waals surface area contributed by atoms with Gasteiger partial charge in [0.15, 0.2) is 0 Å². The quantitative estimate of drug-likeness (QED) is 0.796. The molecule has 4 heteroatoms. The molecule has 2 rings (SSSR count). The lowest BCUT2D eigenvalue weighted by Gasteiger charge is -1.98. The molecule has 0 atom stereocenters. The van der Waals surface area contributed by atoms with Crippen molar-refractivity contribution in [1.29, 1.82) is 0 Å². The van der Waals surface area contributed by atoms with Crippen LogP contribution in [0.1, 0.15) is 4.88 Å². The first-order valence-electron chi connectivity index (χ1n) is 4.12. The molecule has 1 aromatic heterocycles. The van der Waals surface area contributed by atoms with Crippen LogP contribution >= 0.6 is 23.1 Å². The fraction of sp³-hybridized carbons (Fsp3) is 0.200. The van der Waals surface area contributed by atoms with Crippen molar-refractivity contribution >= 4 is 33.2 Å². The number of aliphatic hydroxyl groups excluding tert-OH is 1. The summed E-state index contributed by atoms with van der Waals surface area (Å²) in [6.45, 7) is -0.0212. The van der Waals surface area contributed by atoms with Gasteiger partial charge in [-0.15, -0.1) is 23.1 Å². The Kier molecular flexibility index (Phi) is 2.76. The van der Waals surface area contributed by atoms with E-state index in [1.165, 1.54) is 17.4 Å². The number of fused-ring (bicyclic) bond motifs is 1. The summed E-state index contributed by atoms with van der Waals surface area (Å²) in [4.78, 5) is 1.86. The van der Waals surface area contributed by atoms with Gasteiger partial charge in [-0.1, -0.05) is 0 Å². The molecule has 14 heavy (non-hydrogen) atoms. The van der Waals surface area contributed by atoms with Crippen LogP contribution < -0.4 is 0 Å². The molecule has 0 aliphatic carbocycles. The molecule has 1 heterocycles. The number of benzene rings is 1. The smallest absolute Gasteiger partial charge is 0.141 e. The van der Waals surface area contributed by atoms with Crippen molar-refractivity contribution in [2.75, 3.05) is 6.26 Å². The van der Waals surface area contributed by atoms with Crippen LogP contribution in [0.4, 0.5) is 4.39 Å². The molecule has 2 aromatic rings. The highest BCUT2D eigenvalue weighted by molar-refractivity contribution is 7.98. The van der Waals surface area contributed by atoms with E-state index in [0.29, 0.717) is 4.70 Å². The second kappa shape index (κ2) is 3.88. The first-order valence-corrected chi connectivity index (χ1v) is 6.16. The molecule has 0 saturated heterocycles. The molecule has 0 saturated carbocycles. The van der Waals surface area contributed by atoms with Crippen molar-refractivity contribution in [3.63, 3.8) is 0 Å². The third-order valence-electron chi connectivity index (χ3n) is 2.02. The molecule has 1 nitrogen and oxygen atoms in total. The van der Waals surface area contributed by atoms with Gasteiger partial charge in [-0.05, 0) is 24.5 Å². The molecule has 0 aliphatic heterocycles. The lowest BCUT2D eigenvalue weighted by molar-refractivity contribution is 0.285. The lowest BCUT2D eigenvalue weighted by Crippen LogP contribution is -1.76. The summed E-state index contributed by atoms with van der Waals surface area (Å²) < 4.78 is 14.0. The predicted molar refractivity (Wildman–Crippen MR) is 59.5 cm³/mol. The zero-order chi connectivity index (χ0) is 10.1. The Bertz CT molecular complexity index is 464. The Labute approximate surface area is 89.6 Å². The van der Waals surface area contributed by atoms with Crippen molar-refractivity contribution in [2.45, 2.75) is 11.5 Å². The summed E-state index contributed by atoms with van der Waals surface area (Å²) in [5, 5.41) is 9.88. The second-order valence-corrected chi connectivity index (χ2v) is 4.85. The highest BCUT2D eigenvalue weighted by Gasteiger charge is 2.09. The molecule has 74 valence electrons. The molecule has 0 amide bonds. The minimum atomic E-state index is -0.206. The maximum Gasteiger partial charge on any atom is 0.141 e. The number of hydrogen-bond acceptors (Lipinski definition) is 3. The third kappa shape index (κ3) is 1.54. The van der Waals surface area contributed by atoms with Gasteiger partial charge in [-0.25, -0.2) is 4.39 Å². The summed E-state index contributed by atoms with van der Waals surface area (Å²) in [5.74, 6) is -0.206. The van der Waals surface area contributed by atoms with Gasteiger partial charge in [0.2, 0.25) is 0 Å². The Balaban J connectivity index is 2.74. The first kappa shape index (κ1) is 9.96. The number of thiophene rings is 1. The van der Waals surface area contributed by atoms with E-state index in [2.05, 4.69) is 0 Å². The van der Waals surface area contributed by atoms with Crippen molar-refractivity contribution in [3.05, 3.63) is 28.9 Å². The van der Waals surface area contributed by atoms with Gasteiger partial charge < -0.3 is 5.11 Å². The Morgan fingerprint density at radius 2 is 2.29 bits per heavy atom. The molecular formula is C10H9FOS2. The van der Waals surface area contributed by atoms with Crippen molar-refractivity contribution in [1.82, 2.24) is 0 Å². The van der Waals surface area contributed by atoms with Crippen molar-refractivity contribution < 1.29 is 9.50 Å². The predicted octanol–water partition coefficient (Wildman–Crippen LogP) is 3.25. The van der Waals surface area contributed by atoms with E-state index in [9.17, 15) is 4.39 Å². The molecule has 1 aromatic carbocycles. The second-order valence-electron chi connectivity index (χ2n) is 2.86. The van der Waals surface area contributed by atoms with Gasteiger partial charge in [-0.3, -0.25) is 0 Å². The number of halogens is 1. The zero-order valence-electron chi connectivity index (χ0n) is 7.58. The topological polar surface area (TPSA) is 20.2 Å². The van der Waals surface area contributed by atoms with E-state index in [0.717, 1.165) is 15.2 Å². The van der Waals surface area contributed by atoms with Crippen LogP contribution in [0.3, 0.4) is 0 Å². The molecule has 0 fully saturated rings. The average molecular weight is 228 g/mol. The van der Waals surface area contributed by atoms with E-state index in [1.54, 1.807) is 17.8 Å². The lowest BCUT2D eigenvalue weighted by atomic mass is 10.2. The number of hydrogen-bond donors (Lipinski definition) is 1. The number of aliphatic hydroxyl groups is 1. The molecule has 0 radical (unpaired) electrons. The van der Waals surface area contributed by atoms with Crippen molar-refractivity contribution in [2.24, 2.45) is 0 Å². The Hall–Kier alpha value is -0.580. The van der Waals surface area contributed by atoms with Crippen LogP contribution in [0.5, 0.6) is 0 Å². The summed E-state index contributed by atoms with van der Waals surface area (Å²) in [6, 6.07) is 5.11. The fourth-order valence-corrected chi connectivity index (χ4v) is 2.97. The van der Waals surface area contributed by atoms with Gasteiger partial charge in [0, 0.05) is 15.2 Å². The minimum Gasteiger partial charge on any atom is -0.391 e. The summed E-state index contributed by atoms with van der Waals surface area (Å²) in [5.41, 5.74) is 0. The Morgan fingerprint density at radius 1 is 1.50 bits per heavy atom. The molecular weight excluding hydrogens is 219 g/mol. The molecule has 0 unspecified atom stereocenters. The summed E-state index contributed by atoms with van der Waals surface area (Å²) in [6.07, 6.45) is 1.96. The SMILES string of the molecule is CSc1ccc(F)c2sc(CO)cc12. The average Bonchev–Trinajstić information content (AvgIpc) is 2.63. The van der Waals surface area contributed by atoms with E-state index in [1.807, 2.05) is 12.3 Å². The largest absolute Gasteiger partial charge is 0.391 e. The van der Waals surface area contributed by atoms with Gasteiger partial charge in [0.05, 0.1) is 11.3 Å². The maximum absolute atomic E-state index is 13.4. The van der Waals surface area contributed by atoms with E-state index < -0.39 is 0 Å². The minimum absolute atomic E-state index is 0.0212. The van der Waals surface area contributed by atoms with Gasteiger partial charge in [0.1, 0.15) is 5.82 Å². The molecule has 0 spiro atoms. The van der Waals surface area contributed by atoms with E-state index in [4.69, 9.17) is 5.11 Å². The van der Waals surface area contributed by atoms with Crippen molar-refractivity contribution in [3.8, 4) is 0 Å².